The number of ether oxygens (including phenoxy) is 1. The van der Waals surface area contributed by atoms with Crippen LogP contribution in [0.2, 0.25) is 0 Å². The average molecular weight is 478 g/mol. The highest BCUT2D eigenvalue weighted by atomic mass is 79.9. The zero-order valence-electron chi connectivity index (χ0n) is 16.3. The van der Waals surface area contributed by atoms with Crippen LogP contribution in [-0.4, -0.2) is 25.7 Å². The number of nitrogens with one attached hydrogen (secondary N) is 1. The van der Waals surface area contributed by atoms with Crippen LogP contribution >= 0.6 is 15.9 Å². The molecule has 0 aliphatic rings. The Morgan fingerprint density at radius 1 is 0.903 bits per heavy atom. The molecule has 0 bridgehead atoms. The SMILES string of the molecule is COc1ccc2nc(Nc3ccc(Br)cc3)n3c(=O)n(-c4ccccc4)c(=O)n3c2c1. The third kappa shape index (κ3) is 3.19. The van der Waals surface area contributed by atoms with E-state index in [9.17, 15) is 9.59 Å². The minimum Gasteiger partial charge on any atom is -0.497 e. The van der Waals surface area contributed by atoms with Gasteiger partial charge in [0.25, 0.3) is 0 Å². The summed E-state index contributed by atoms with van der Waals surface area (Å²) in [7, 11) is 1.54. The van der Waals surface area contributed by atoms with Gasteiger partial charge < -0.3 is 10.1 Å². The Hall–Kier alpha value is -3.85. The predicted molar refractivity (Wildman–Crippen MR) is 122 cm³/mol. The van der Waals surface area contributed by atoms with Crippen LogP contribution < -0.4 is 21.4 Å². The van der Waals surface area contributed by atoms with Crippen molar-refractivity contribution in [3.05, 3.63) is 98.2 Å². The number of benzene rings is 3. The molecule has 5 rings (SSSR count). The summed E-state index contributed by atoms with van der Waals surface area (Å²) >= 11 is 3.41. The molecule has 8 nitrogen and oxygen atoms in total. The van der Waals surface area contributed by atoms with Crippen molar-refractivity contribution in [1.29, 1.82) is 0 Å². The molecule has 3 aromatic carbocycles. The fourth-order valence-corrected chi connectivity index (χ4v) is 3.70. The number of methoxy groups -OCH3 is 1. The topological polar surface area (TPSA) is 82.0 Å². The Bertz CT molecular complexity index is 1540. The molecule has 0 unspecified atom stereocenters. The molecule has 0 amide bonds. The highest BCUT2D eigenvalue weighted by Crippen LogP contribution is 2.22. The van der Waals surface area contributed by atoms with Crippen LogP contribution in [0.4, 0.5) is 11.6 Å². The van der Waals surface area contributed by atoms with E-state index < -0.39 is 11.4 Å². The lowest BCUT2D eigenvalue weighted by Gasteiger charge is -2.11. The van der Waals surface area contributed by atoms with Crippen LogP contribution in [0.15, 0.2) is 86.9 Å². The van der Waals surface area contributed by atoms with Gasteiger partial charge in [-0.05, 0) is 48.5 Å². The summed E-state index contributed by atoms with van der Waals surface area (Å²) in [6, 6.07) is 21.4. The number of aromatic nitrogens is 4. The Morgan fingerprint density at radius 2 is 1.61 bits per heavy atom. The second-order valence-corrected chi connectivity index (χ2v) is 7.70. The van der Waals surface area contributed by atoms with Crippen molar-refractivity contribution >= 4 is 38.6 Å². The summed E-state index contributed by atoms with van der Waals surface area (Å²) in [5.41, 5.74) is 1.14. The van der Waals surface area contributed by atoms with E-state index in [4.69, 9.17) is 4.74 Å². The Labute approximate surface area is 184 Å². The molecule has 154 valence electrons. The second kappa shape index (κ2) is 7.44. The van der Waals surface area contributed by atoms with Crippen LogP contribution in [0, 0.1) is 0 Å². The first-order valence-electron chi connectivity index (χ1n) is 9.39. The Morgan fingerprint density at radius 3 is 2.32 bits per heavy atom. The molecule has 2 heterocycles. The van der Waals surface area contributed by atoms with Crippen molar-refractivity contribution in [3.8, 4) is 11.4 Å². The van der Waals surface area contributed by atoms with Crippen molar-refractivity contribution in [2.45, 2.75) is 0 Å². The maximum atomic E-state index is 13.4. The van der Waals surface area contributed by atoms with E-state index in [-0.39, 0.29) is 5.95 Å². The molecule has 1 N–H and O–H groups in total. The van der Waals surface area contributed by atoms with Gasteiger partial charge in [-0.2, -0.15) is 9.03 Å². The van der Waals surface area contributed by atoms with Crippen molar-refractivity contribution < 1.29 is 4.74 Å². The summed E-state index contributed by atoms with van der Waals surface area (Å²) in [6.07, 6.45) is 0. The zero-order chi connectivity index (χ0) is 21.5. The Kier molecular flexibility index (Phi) is 4.59. The number of halogens is 1. The third-order valence-corrected chi connectivity index (χ3v) is 5.43. The molecule has 0 aliphatic carbocycles. The summed E-state index contributed by atoms with van der Waals surface area (Å²) in [5, 5.41) is 3.15. The maximum absolute atomic E-state index is 13.4. The smallest absolute Gasteiger partial charge is 0.359 e. The molecule has 0 saturated carbocycles. The van der Waals surface area contributed by atoms with Crippen LogP contribution in [0.1, 0.15) is 0 Å². The van der Waals surface area contributed by atoms with Gasteiger partial charge in [-0.1, -0.05) is 34.1 Å². The van der Waals surface area contributed by atoms with E-state index in [1.807, 2.05) is 30.3 Å². The molecule has 31 heavy (non-hydrogen) atoms. The molecular weight excluding hydrogens is 462 g/mol. The molecule has 0 radical (unpaired) electrons. The first-order valence-corrected chi connectivity index (χ1v) is 10.2. The highest BCUT2D eigenvalue weighted by Gasteiger charge is 2.19. The van der Waals surface area contributed by atoms with Crippen LogP contribution in [0.5, 0.6) is 5.75 Å². The minimum absolute atomic E-state index is 0.219. The summed E-state index contributed by atoms with van der Waals surface area (Å²) in [4.78, 5) is 31.4. The second-order valence-electron chi connectivity index (χ2n) is 6.78. The van der Waals surface area contributed by atoms with Gasteiger partial charge in [-0.25, -0.2) is 19.1 Å². The van der Waals surface area contributed by atoms with E-state index >= 15 is 0 Å². The first kappa shape index (κ1) is 19.1. The van der Waals surface area contributed by atoms with Crippen LogP contribution in [-0.2, 0) is 0 Å². The number of hydrogen-bond donors (Lipinski definition) is 1. The molecule has 9 heteroatoms. The van der Waals surface area contributed by atoms with Crippen LogP contribution in [0.25, 0.3) is 16.7 Å². The number of para-hydroxylation sites is 1. The van der Waals surface area contributed by atoms with Crippen LogP contribution in [0.3, 0.4) is 0 Å². The normalized spacial score (nSPS) is 11.2. The zero-order valence-corrected chi connectivity index (χ0v) is 17.9. The molecule has 2 aromatic heterocycles. The van der Waals surface area contributed by atoms with Gasteiger partial charge in [0.2, 0.25) is 5.95 Å². The standard InChI is InChI=1S/C22H16BrN5O3/c1-31-17-11-12-18-19(13-17)27-21(29)26(16-5-3-2-4-6-16)22(30)28(27)20(25-18)24-15-9-7-14(23)8-10-15/h2-13H,1H3,(H,24,25). The van der Waals surface area contributed by atoms with E-state index in [1.54, 1.807) is 49.6 Å². The third-order valence-electron chi connectivity index (χ3n) is 4.90. The molecule has 5 aromatic rings. The number of anilines is 2. The fraction of sp³-hybridized carbons (Fsp3) is 0.0455. The molecule has 0 atom stereocenters. The van der Waals surface area contributed by atoms with Gasteiger partial charge in [0.15, 0.2) is 0 Å². The molecule has 0 fully saturated rings. The van der Waals surface area contributed by atoms with Crippen molar-refractivity contribution in [2.24, 2.45) is 0 Å². The quantitative estimate of drug-likeness (QED) is 0.427. The monoisotopic (exact) mass is 477 g/mol. The lowest BCUT2D eigenvalue weighted by Crippen LogP contribution is -2.26. The lowest BCUT2D eigenvalue weighted by atomic mass is 10.3. The highest BCUT2D eigenvalue weighted by molar-refractivity contribution is 9.10. The van der Waals surface area contributed by atoms with E-state index in [1.165, 1.54) is 9.03 Å². The fourth-order valence-electron chi connectivity index (χ4n) is 3.44. The molecule has 0 aliphatic heterocycles. The van der Waals surface area contributed by atoms with Crippen molar-refractivity contribution in [1.82, 2.24) is 18.6 Å². The number of rotatable bonds is 4. The average Bonchev–Trinajstić information content (AvgIpc) is 3.06. The van der Waals surface area contributed by atoms with Gasteiger partial charge >= 0.3 is 11.4 Å². The minimum atomic E-state index is -0.534. The number of nitrogens with zero attached hydrogens (tertiary/aromatic N) is 4. The predicted octanol–water partition coefficient (Wildman–Crippen LogP) is 3.61. The van der Waals surface area contributed by atoms with E-state index in [0.29, 0.717) is 22.5 Å². The van der Waals surface area contributed by atoms with E-state index in [2.05, 4.69) is 26.2 Å². The summed E-state index contributed by atoms with van der Waals surface area (Å²) in [6.45, 7) is 0. The lowest BCUT2D eigenvalue weighted by molar-refractivity contribution is 0.415. The summed E-state index contributed by atoms with van der Waals surface area (Å²) < 4.78 is 9.89. The van der Waals surface area contributed by atoms with Gasteiger partial charge in [0.1, 0.15) is 5.75 Å². The Balaban J connectivity index is 1.87. The molecular formula is C22H16BrN5O3. The van der Waals surface area contributed by atoms with Gasteiger partial charge in [-0.3, -0.25) is 0 Å². The molecule has 0 saturated heterocycles. The molecule has 0 spiro atoms. The first-order chi connectivity index (χ1) is 15.1. The largest absolute Gasteiger partial charge is 0.497 e. The number of fused-ring (bicyclic) bond motifs is 3. The van der Waals surface area contributed by atoms with Crippen molar-refractivity contribution in [3.63, 3.8) is 0 Å². The number of hydrogen-bond acceptors (Lipinski definition) is 5. The van der Waals surface area contributed by atoms with Crippen molar-refractivity contribution in [2.75, 3.05) is 12.4 Å². The maximum Gasteiger partial charge on any atom is 0.359 e. The summed E-state index contributed by atoms with van der Waals surface area (Å²) in [5.74, 6) is 0.772. The van der Waals surface area contributed by atoms with E-state index in [0.717, 1.165) is 14.7 Å². The van der Waals surface area contributed by atoms with Gasteiger partial charge in [0, 0.05) is 16.2 Å². The van der Waals surface area contributed by atoms with Gasteiger partial charge in [0.05, 0.1) is 23.8 Å². The van der Waals surface area contributed by atoms with Gasteiger partial charge in [-0.15, -0.1) is 0 Å².